The average Bonchev–Trinajstić information content (AvgIpc) is 2.11. The molecule has 0 aromatic heterocycles. The van der Waals surface area contributed by atoms with E-state index in [9.17, 15) is 0 Å². The topological polar surface area (TPSA) is 18.5 Å². The molecule has 0 atom stereocenters. The minimum absolute atomic E-state index is 0.840. The van der Waals surface area contributed by atoms with Gasteiger partial charge in [-0.05, 0) is 12.6 Å². The van der Waals surface area contributed by atoms with Gasteiger partial charge >= 0.3 is 8.56 Å². The van der Waals surface area contributed by atoms with E-state index in [0.29, 0.717) is 0 Å². The molecule has 86 valence electrons. The number of hydrogen-bond donors (Lipinski definition) is 0. The highest BCUT2D eigenvalue weighted by atomic mass is 28.4. The molecule has 0 rings (SSSR count). The molecule has 0 radical (unpaired) electrons. The SMILES string of the molecule is CO[Si](C)(CCCC[Si](C)(C)C)OC. The van der Waals surface area contributed by atoms with E-state index >= 15 is 0 Å². The van der Waals surface area contributed by atoms with E-state index in [0.717, 1.165) is 6.04 Å². The Labute approximate surface area is 91.3 Å². The third-order valence-corrected chi connectivity index (χ3v) is 7.51. The van der Waals surface area contributed by atoms with Crippen LogP contribution < -0.4 is 0 Å². The van der Waals surface area contributed by atoms with Crippen LogP contribution in [0.1, 0.15) is 12.8 Å². The van der Waals surface area contributed by atoms with E-state index < -0.39 is 16.6 Å². The quantitative estimate of drug-likeness (QED) is 0.496. The van der Waals surface area contributed by atoms with E-state index in [1.54, 1.807) is 14.2 Å². The Morgan fingerprint density at radius 2 is 1.21 bits per heavy atom. The highest BCUT2D eigenvalue weighted by molar-refractivity contribution is 6.76. The van der Waals surface area contributed by atoms with Crippen LogP contribution in [-0.2, 0) is 8.85 Å². The van der Waals surface area contributed by atoms with E-state index in [-0.39, 0.29) is 0 Å². The van der Waals surface area contributed by atoms with Crippen LogP contribution in [0.25, 0.3) is 0 Å². The maximum absolute atomic E-state index is 5.45. The molecule has 0 N–H and O–H groups in total. The van der Waals surface area contributed by atoms with Crippen molar-refractivity contribution in [2.24, 2.45) is 0 Å². The molecule has 0 unspecified atom stereocenters. The van der Waals surface area contributed by atoms with Crippen molar-refractivity contribution >= 4 is 16.6 Å². The lowest BCUT2D eigenvalue weighted by Gasteiger charge is -2.23. The van der Waals surface area contributed by atoms with E-state index in [1.807, 2.05) is 0 Å². The minimum Gasteiger partial charge on any atom is -0.398 e. The summed E-state index contributed by atoms with van der Waals surface area (Å²) in [6.45, 7) is 9.42. The summed E-state index contributed by atoms with van der Waals surface area (Å²) in [7, 11) is 0.926. The summed E-state index contributed by atoms with van der Waals surface area (Å²) >= 11 is 0. The molecule has 0 aromatic carbocycles. The van der Waals surface area contributed by atoms with Crippen molar-refractivity contribution in [1.82, 2.24) is 0 Å². The standard InChI is InChI=1S/C10H26O2Si2/c1-11-14(6,12-2)10-8-7-9-13(3,4)5/h7-10H2,1-6H3. The molecule has 0 amide bonds. The Bertz CT molecular complexity index is 151. The molecule has 4 heteroatoms. The van der Waals surface area contributed by atoms with Crippen LogP contribution in [0.5, 0.6) is 0 Å². The van der Waals surface area contributed by atoms with Gasteiger partial charge in [0.1, 0.15) is 0 Å². The molecular weight excluding hydrogens is 208 g/mol. The zero-order valence-electron chi connectivity index (χ0n) is 10.6. The number of hydrogen-bond acceptors (Lipinski definition) is 2. The summed E-state index contributed by atoms with van der Waals surface area (Å²) in [6, 6.07) is 2.55. The molecule has 2 nitrogen and oxygen atoms in total. The Morgan fingerprint density at radius 3 is 1.57 bits per heavy atom. The largest absolute Gasteiger partial charge is 0.398 e. The summed E-state index contributed by atoms with van der Waals surface area (Å²) < 4.78 is 10.9. The fourth-order valence-corrected chi connectivity index (χ4v) is 4.17. The van der Waals surface area contributed by atoms with Gasteiger partial charge in [0.15, 0.2) is 0 Å². The summed E-state index contributed by atoms with van der Waals surface area (Å²) in [5, 5.41) is 0. The second-order valence-electron chi connectivity index (χ2n) is 5.31. The smallest absolute Gasteiger partial charge is 0.334 e. The molecule has 0 saturated carbocycles. The normalized spacial score (nSPS) is 13.3. The molecule has 0 fully saturated rings. The van der Waals surface area contributed by atoms with Crippen LogP contribution >= 0.6 is 0 Å². The van der Waals surface area contributed by atoms with Gasteiger partial charge in [-0.25, -0.2) is 0 Å². The highest BCUT2D eigenvalue weighted by Crippen LogP contribution is 2.19. The van der Waals surface area contributed by atoms with Crippen LogP contribution in [0, 0.1) is 0 Å². The summed E-state index contributed by atoms with van der Waals surface area (Å²) in [4.78, 5) is 0. The van der Waals surface area contributed by atoms with Gasteiger partial charge in [-0.2, -0.15) is 0 Å². The lowest BCUT2D eigenvalue weighted by Crippen LogP contribution is -2.35. The van der Waals surface area contributed by atoms with E-state index in [1.165, 1.54) is 18.9 Å². The molecule has 0 spiro atoms. The van der Waals surface area contributed by atoms with Crippen molar-refractivity contribution in [2.45, 2.75) is 51.1 Å². The van der Waals surface area contributed by atoms with Crippen LogP contribution in [0.2, 0.25) is 38.3 Å². The molecule has 0 aliphatic rings. The van der Waals surface area contributed by atoms with Crippen LogP contribution in [0.15, 0.2) is 0 Å². The zero-order valence-corrected chi connectivity index (χ0v) is 12.6. The molecule has 0 saturated heterocycles. The van der Waals surface area contributed by atoms with Gasteiger partial charge < -0.3 is 8.85 Å². The number of unbranched alkanes of at least 4 members (excludes halogenated alkanes) is 1. The van der Waals surface area contributed by atoms with E-state index in [4.69, 9.17) is 8.85 Å². The highest BCUT2D eigenvalue weighted by Gasteiger charge is 2.27. The average molecular weight is 234 g/mol. The fraction of sp³-hybridized carbons (Fsp3) is 1.00. The van der Waals surface area contributed by atoms with Gasteiger partial charge in [-0.3, -0.25) is 0 Å². The Hall–Kier alpha value is 0.354. The molecule has 0 bridgehead atoms. The molecule has 0 aliphatic carbocycles. The van der Waals surface area contributed by atoms with Gasteiger partial charge in [0.25, 0.3) is 0 Å². The molecule has 0 aromatic rings. The first-order chi connectivity index (χ1) is 6.33. The molecule has 0 heterocycles. The predicted octanol–water partition coefficient (Wildman–Crippen LogP) is 3.47. The Morgan fingerprint density at radius 1 is 0.786 bits per heavy atom. The van der Waals surface area contributed by atoms with Crippen molar-refractivity contribution in [3.63, 3.8) is 0 Å². The maximum atomic E-state index is 5.45. The molecule has 0 aliphatic heterocycles. The lowest BCUT2D eigenvalue weighted by atomic mass is 10.4. The van der Waals surface area contributed by atoms with Gasteiger partial charge in [0.05, 0.1) is 0 Å². The van der Waals surface area contributed by atoms with Crippen molar-refractivity contribution in [2.75, 3.05) is 14.2 Å². The van der Waals surface area contributed by atoms with Crippen molar-refractivity contribution in [1.29, 1.82) is 0 Å². The first-order valence-corrected chi connectivity index (χ1v) is 11.7. The number of rotatable bonds is 7. The summed E-state index contributed by atoms with van der Waals surface area (Å²) in [5.41, 5.74) is 0. The van der Waals surface area contributed by atoms with Gasteiger partial charge in [0.2, 0.25) is 0 Å². The van der Waals surface area contributed by atoms with Crippen molar-refractivity contribution in [3.05, 3.63) is 0 Å². The summed E-state index contributed by atoms with van der Waals surface area (Å²) in [5.74, 6) is 0. The fourth-order valence-electron chi connectivity index (χ4n) is 1.39. The predicted molar refractivity (Wildman–Crippen MR) is 67.8 cm³/mol. The third-order valence-electron chi connectivity index (χ3n) is 2.67. The Kier molecular flexibility index (Phi) is 6.20. The van der Waals surface area contributed by atoms with Gasteiger partial charge in [-0.15, -0.1) is 0 Å². The van der Waals surface area contributed by atoms with Crippen LogP contribution in [0.3, 0.4) is 0 Å². The van der Waals surface area contributed by atoms with Crippen LogP contribution in [0.4, 0.5) is 0 Å². The monoisotopic (exact) mass is 234 g/mol. The van der Waals surface area contributed by atoms with E-state index in [2.05, 4.69) is 26.2 Å². The lowest BCUT2D eigenvalue weighted by molar-refractivity contribution is 0.248. The molecule has 14 heavy (non-hydrogen) atoms. The van der Waals surface area contributed by atoms with Gasteiger partial charge in [0, 0.05) is 22.3 Å². The second-order valence-corrected chi connectivity index (χ2v) is 14.5. The Balaban J connectivity index is 3.63. The molecular formula is C10H26O2Si2. The maximum Gasteiger partial charge on any atom is 0.334 e. The second kappa shape index (κ2) is 6.05. The van der Waals surface area contributed by atoms with Crippen LogP contribution in [-0.4, -0.2) is 30.9 Å². The first-order valence-electron chi connectivity index (χ1n) is 5.43. The zero-order chi connectivity index (χ0) is 11.2. The summed E-state index contributed by atoms with van der Waals surface area (Å²) in [6.07, 6.45) is 2.60. The van der Waals surface area contributed by atoms with Crippen molar-refractivity contribution < 1.29 is 8.85 Å². The van der Waals surface area contributed by atoms with Gasteiger partial charge in [-0.1, -0.05) is 38.5 Å². The minimum atomic E-state index is -1.78. The third kappa shape index (κ3) is 6.76. The first kappa shape index (κ1) is 14.4. The van der Waals surface area contributed by atoms with Crippen molar-refractivity contribution in [3.8, 4) is 0 Å².